The maximum absolute atomic E-state index is 12.6. The Hall–Kier alpha value is -1.10. The van der Waals surface area contributed by atoms with Gasteiger partial charge in [-0.05, 0) is 50.3 Å². The maximum Gasteiger partial charge on any atom is 0.391 e. The third kappa shape index (κ3) is 3.93. The molecule has 0 aliphatic heterocycles. The Morgan fingerprint density at radius 1 is 1.16 bits per heavy atom. The van der Waals surface area contributed by atoms with Gasteiger partial charge in [0.25, 0.3) is 0 Å². The van der Waals surface area contributed by atoms with E-state index < -0.39 is 12.1 Å². The Balaban J connectivity index is 1.83. The Bertz CT molecular complexity index is 383. The summed E-state index contributed by atoms with van der Waals surface area (Å²) in [5.74, 6) is -1.11. The average Bonchev–Trinajstić information content (AvgIpc) is 2.39. The summed E-state index contributed by atoms with van der Waals surface area (Å²) in [4.78, 5) is 3.96. The molecule has 0 radical (unpaired) electrons. The predicted octanol–water partition coefficient (Wildman–Crippen LogP) is 3.85. The number of alkyl halides is 3. The van der Waals surface area contributed by atoms with Gasteiger partial charge in [-0.25, -0.2) is 0 Å². The number of nitrogens with one attached hydrogen (secondary N) is 1. The molecular weight excluding hydrogens is 253 g/mol. The molecule has 5 heteroatoms. The first-order chi connectivity index (χ1) is 8.97. The Labute approximate surface area is 111 Å². The number of nitrogens with zero attached hydrogens (tertiary/aromatic N) is 1. The number of aromatic nitrogens is 1. The normalized spacial score (nSPS) is 26.1. The van der Waals surface area contributed by atoms with Gasteiger partial charge in [0.15, 0.2) is 0 Å². The number of rotatable bonds is 3. The second kappa shape index (κ2) is 5.90. The molecule has 106 valence electrons. The van der Waals surface area contributed by atoms with E-state index in [-0.39, 0.29) is 24.9 Å². The molecule has 1 aromatic heterocycles. The lowest BCUT2D eigenvalue weighted by Gasteiger charge is -2.32. The van der Waals surface area contributed by atoms with E-state index in [4.69, 9.17) is 0 Å². The molecule has 0 bridgehead atoms. The SMILES string of the molecule is CC(NC1CCC(C(F)(F)F)CC1)c1ccncc1. The van der Waals surface area contributed by atoms with Gasteiger partial charge in [0.05, 0.1) is 5.92 Å². The van der Waals surface area contributed by atoms with Gasteiger partial charge < -0.3 is 5.32 Å². The van der Waals surface area contributed by atoms with Crippen molar-refractivity contribution in [1.82, 2.24) is 10.3 Å². The van der Waals surface area contributed by atoms with Crippen molar-refractivity contribution >= 4 is 0 Å². The van der Waals surface area contributed by atoms with Crippen LogP contribution in [0.4, 0.5) is 13.2 Å². The van der Waals surface area contributed by atoms with Crippen molar-refractivity contribution in [3.8, 4) is 0 Å². The van der Waals surface area contributed by atoms with Gasteiger partial charge in [-0.1, -0.05) is 0 Å². The molecule has 1 saturated carbocycles. The van der Waals surface area contributed by atoms with E-state index in [0.717, 1.165) is 5.56 Å². The van der Waals surface area contributed by atoms with E-state index in [2.05, 4.69) is 10.3 Å². The van der Waals surface area contributed by atoms with Gasteiger partial charge in [0.1, 0.15) is 0 Å². The number of hydrogen-bond donors (Lipinski definition) is 1. The third-order valence-electron chi connectivity index (χ3n) is 3.88. The van der Waals surface area contributed by atoms with Crippen LogP contribution in [0.25, 0.3) is 0 Å². The third-order valence-corrected chi connectivity index (χ3v) is 3.88. The van der Waals surface area contributed by atoms with Crippen molar-refractivity contribution in [2.75, 3.05) is 0 Å². The van der Waals surface area contributed by atoms with Crippen molar-refractivity contribution in [1.29, 1.82) is 0 Å². The van der Waals surface area contributed by atoms with Crippen LogP contribution in [0.3, 0.4) is 0 Å². The minimum atomic E-state index is -4.03. The van der Waals surface area contributed by atoms with E-state index in [1.807, 2.05) is 19.1 Å². The highest BCUT2D eigenvalue weighted by Gasteiger charge is 2.41. The number of pyridine rings is 1. The first-order valence-electron chi connectivity index (χ1n) is 6.69. The van der Waals surface area contributed by atoms with Crippen molar-refractivity contribution in [2.45, 2.75) is 50.9 Å². The Morgan fingerprint density at radius 2 is 1.74 bits per heavy atom. The van der Waals surface area contributed by atoms with Gasteiger partial charge in [-0.3, -0.25) is 4.98 Å². The van der Waals surface area contributed by atoms with E-state index >= 15 is 0 Å². The predicted molar refractivity (Wildman–Crippen MR) is 67.6 cm³/mol. The summed E-state index contributed by atoms with van der Waals surface area (Å²) in [7, 11) is 0. The van der Waals surface area contributed by atoms with Crippen LogP contribution < -0.4 is 5.32 Å². The fourth-order valence-corrected chi connectivity index (χ4v) is 2.69. The molecule has 1 fully saturated rings. The smallest absolute Gasteiger partial charge is 0.307 e. The first kappa shape index (κ1) is 14.3. The average molecular weight is 272 g/mol. The summed E-state index contributed by atoms with van der Waals surface area (Å²) < 4.78 is 37.7. The minimum Gasteiger partial charge on any atom is -0.307 e. The second-order valence-corrected chi connectivity index (χ2v) is 5.26. The van der Waals surface area contributed by atoms with Crippen LogP contribution in [0, 0.1) is 5.92 Å². The van der Waals surface area contributed by atoms with Crippen LogP contribution >= 0.6 is 0 Å². The van der Waals surface area contributed by atoms with E-state index in [1.54, 1.807) is 12.4 Å². The van der Waals surface area contributed by atoms with E-state index in [1.165, 1.54) is 0 Å². The lowest BCUT2D eigenvalue weighted by molar-refractivity contribution is -0.182. The van der Waals surface area contributed by atoms with Crippen LogP contribution in [-0.4, -0.2) is 17.2 Å². The van der Waals surface area contributed by atoms with Gasteiger partial charge in [0, 0.05) is 24.5 Å². The Kier molecular flexibility index (Phi) is 4.45. The molecule has 1 atom stereocenters. The molecule has 2 rings (SSSR count). The second-order valence-electron chi connectivity index (χ2n) is 5.26. The Morgan fingerprint density at radius 3 is 2.26 bits per heavy atom. The molecule has 1 unspecified atom stereocenters. The molecule has 1 aliphatic rings. The van der Waals surface area contributed by atoms with Gasteiger partial charge in [0.2, 0.25) is 0 Å². The zero-order chi connectivity index (χ0) is 13.9. The lowest BCUT2D eigenvalue weighted by atomic mass is 9.85. The first-order valence-corrected chi connectivity index (χ1v) is 6.69. The zero-order valence-corrected chi connectivity index (χ0v) is 11.0. The summed E-state index contributed by atoms with van der Waals surface area (Å²) in [5.41, 5.74) is 1.12. The monoisotopic (exact) mass is 272 g/mol. The number of halogens is 3. The van der Waals surface area contributed by atoms with E-state index in [0.29, 0.717) is 12.8 Å². The quantitative estimate of drug-likeness (QED) is 0.904. The zero-order valence-electron chi connectivity index (χ0n) is 11.0. The van der Waals surface area contributed by atoms with Crippen LogP contribution in [0.1, 0.15) is 44.2 Å². The van der Waals surface area contributed by atoms with Crippen LogP contribution in [0.15, 0.2) is 24.5 Å². The fourth-order valence-electron chi connectivity index (χ4n) is 2.69. The van der Waals surface area contributed by atoms with Crippen molar-refractivity contribution in [3.63, 3.8) is 0 Å². The standard InChI is InChI=1S/C14H19F3N2/c1-10(11-6-8-18-9-7-11)19-13-4-2-12(3-5-13)14(15,16)17/h6-10,12-13,19H,2-5H2,1H3. The highest BCUT2D eigenvalue weighted by Crippen LogP contribution is 2.37. The topological polar surface area (TPSA) is 24.9 Å². The van der Waals surface area contributed by atoms with Crippen molar-refractivity contribution < 1.29 is 13.2 Å². The maximum atomic E-state index is 12.6. The molecule has 0 aromatic carbocycles. The van der Waals surface area contributed by atoms with E-state index in [9.17, 15) is 13.2 Å². The largest absolute Gasteiger partial charge is 0.391 e. The molecule has 1 heterocycles. The van der Waals surface area contributed by atoms with Crippen LogP contribution in [-0.2, 0) is 0 Å². The summed E-state index contributed by atoms with van der Waals surface area (Å²) in [6.45, 7) is 2.03. The summed E-state index contributed by atoms with van der Waals surface area (Å²) in [6.07, 6.45) is 1.11. The minimum absolute atomic E-state index is 0.149. The van der Waals surface area contributed by atoms with Crippen molar-refractivity contribution in [3.05, 3.63) is 30.1 Å². The van der Waals surface area contributed by atoms with Gasteiger partial charge in [-0.2, -0.15) is 13.2 Å². The molecule has 1 aromatic rings. The van der Waals surface area contributed by atoms with Crippen LogP contribution in [0.2, 0.25) is 0 Å². The molecular formula is C14H19F3N2. The molecule has 0 saturated heterocycles. The molecule has 1 aliphatic carbocycles. The van der Waals surface area contributed by atoms with Crippen LogP contribution in [0.5, 0.6) is 0 Å². The molecule has 19 heavy (non-hydrogen) atoms. The molecule has 0 spiro atoms. The molecule has 1 N–H and O–H groups in total. The summed E-state index contributed by atoms with van der Waals surface area (Å²) in [6, 6.07) is 4.19. The number of hydrogen-bond acceptors (Lipinski definition) is 2. The van der Waals surface area contributed by atoms with Gasteiger partial charge >= 0.3 is 6.18 Å². The van der Waals surface area contributed by atoms with Gasteiger partial charge in [-0.15, -0.1) is 0 Å². The fraction of sp³-hybridized carbons (Fsp3) is 0.643. The highest BCUT2D eigenvalue weighted by molar-refractivity contribution is 5.14. The summed E-state index contributed by atoms with van der Waals surface area (Å²) in [5, 5.41) is 3.41. The summed E-state index contributed by atoms with van der Waals surface area (Å²) >= 11 is 0. The van der Waals surface area contributed by atoms with Crippen molar-refractivity contribution in [2.24, 2.45) is 5.92 Å². The molecule has 0 amide bonds. The molecule has 2 nitrogen and oxygen atoms in total. The highest BCUT2D eigenvalue weighted by atomic mass is 19.4. The lowest BCUT2D eigenvalue weighted by Crippen LogP contribution is -2.38.